The summed E-state index contributed by atoms with van der Waals surface area (Å²) in [5, 5.41) is 1.50. The zero-order chi connectivity index (χ0) is 9.97. The van der Waals surface area contributed by atoms with E-state index in [9.17, 15) is 4.79 Å². The van der Waals surface area contributed by atoms with Gasteiger partial charge in [-0.25, -0.2) is 0 Å². The molecule has 0 atom stereocenters. The number of aromatic nitrogens is 1. The third kappa shape index (κ3) is 2.78. The van der Waals surface area contributed by atoms with Crippen LogP contribution in [0.25, 0.3) is 10.4 Å². The van der Waals surface area contributed by atoms with Gasteiger partial charge in [0.1, 0.15) is 0 Å². The molecule has 5 heteroatoms. The minimum absolute atomic E-state index is 0. The van der Waals surface area contributed by atoms with Crippen molar-refractivity contribution in [3.05, 3.63) is 41.5 Å². The van der Waals surface area contributed by atoms with Crippen molar-refractivity contribution >= 4 is 40.6 Å². The Morgan fingerprint density at radius 2 is 2.20 bits per heavy atom. The van der Waals surface area contributed by atoms with Crippen LogP contribution in [-0.2, 0) is 0 Å². The first-order chi connectivity index (χ1) is 6.77. The molecule has 0 N–H and O–H groups in total. The van der Waals surface area contributed by atoms with Gasteiger partial charge in [-0.05, 0) is 29.1 Å². The van der Waals surface area contributed by atoms with E-state index in [0.717, 1.165) is 10.4 Å². The number of thiophene rings is 1. The van der Waals surface area contributed by atoms with Crippen molar-refractivity contribution < 1.29 is 4.79 Å². The van der Waals surface area contributed by atoms with Crippen LogP contribution in [0.2, 0.25) is 0 Å². The quantitative estimate of drug-likeness (QED) is 0.772. The van der Waals surface area contributed by atoms with E-state index in [1.807, 2.05) is 17.5 Å². The maximum atomic E-state index is 10.9. The predicted octanol–water partition coefficient (Wildman–Crippen LogP) is 3.61. The molecule has 2 aromatic heterocycles. The van der Waals surface area contributed by atoms with E-state index in [-0.39, 0.29) is 12.4 Å². The lowest BCUT2D eigenvalue weighted by atomic mass is 10.2. The Labute approximate surface area is 102 Å². The number of carbonyl (C=O) groups excluding carboxylic acids is 1. The lowest BCUT2D eigenvalue weighted by molar-refractivity contribution is 0.108. The minimum Gasteiger partial charge on any atom is -0.276 e. The third-order valence-electron chi connectivity index (χ3n) is 1.77. The van der Waals surface area contributed by atoms with Gasteiger partial charge in [0, 0.05) is 22.8 Å². The van der Waals surface area contributed by atoms with E-state index in [0.29, 0.717) is 5.56 Å². The summed E-state index contributed by atoms with van der Waals surface area (Å²) < 4.78 is 0. The monoisotopic (exact) mass is 259 g/mol. The van der Waals surface area contributed by atoms with Gasteiger partial charge in [-0.15, -0.1) is 23.7 Å². The molecule has 2 nitrogen and oxygen atoms in total. The standard InChI is InChI=1S/C10H6ClNOS.ClH/c11-10(13)8-4-7(5-12-6-8)9-2-1-3-14-9;/h1-6H;1H. The Balaban J connectivity index is 0.00000112. The zero-order valence-electron chi connectivity index (χ0n) is 7.51. The van der Waals surface area contributed by atoms with Crippen LogP contribution >= 0.6 is 35.3 Å². The maximum absolute atomic E-state index is 10.9. The van der Waals surface area contributed by atoms with Crippen molar-refractivity contribution in [2.75, 3.05) is 0 Å². The van der Waals surface area contributed by atoms with Crippen LogP contribution in [0.4, 0.5) is 0 Å². The summed E-state index contributed by atoms with van der Waals surface area (Å²) in [7, 11) is 0. The molecule has 0 saturated heterocycles. The smallest absolute Gasteiger partial charge is 0.253 e. The van der Waals surface area contributed by atoms with Crippen molar-refractivity contribution in [3.63, 3.8) is 0 Å². The van der Waals surface area contributed by atoms with Crippen LogP contribution in [0, 0.1) is 0 Å². The fourth-order valence-corrected chi connectivity index (χ4v) is 1.94. The SMILES string of the molecule is Cl.O=C(Cl)c1cncc(-c2cccs2)c1. The summed E-state index contributed by atoms with van der Waals surface area (Å²) in [6.07, 6.45) is 3.18. The Hall–Kier alpha value is -0.900. The highest BCUT2D eigenvalue weighted by molar-refractivity contribution is 7.13. The van der Waals surface area contributed by atoms with E-state index in [1.54, 1.807) is 23.6 Å². The summed E-state index contributed by atoms with van der Waals surface area (Å²) >= 11 is 6.96. The molecule has 0 saturated carbocycles. The van der Waals surface area contributed by atoms with Gasteiger partial charge in [0.15, 0.2) is 0 Å². The van der Waals surface area contributed by atoms with Gasteiger partial charge in [-0.3, -0.25) is 9.78 Å². The number of hydrogen-bond donors (Lipinski definition) is 0. The Kier molecular flexibility index (Phi) is 4.27. The van der Waals surface area contributed by atoms with Crippen LogP contribution in [0.15, 0.2) is 36.0 Å². The molecule has 0 bridgehead atoms. The fourth-order valence-electron chi connectivity index (χ4n) is 1.12. The second kappa shape index (κ2) is 5.26. The Morgan fingerprint density at radius 1 is 1.40 bits per heavy atom. The molecule has 0 amide bonds. The van der Waals surface area contributed by atoms with Crippen LogP contribution in [-0.4, -0.2) is 10.2 Å². The van der Waals surface area contributed by atoms with Gasteiger partial charge in [-0.2, -0.15) is 0 Å². The molecule has 0 aliphatic heterocycles. The molecule has 15 heavy (non-hydrogen) atoms. The average molecular weight is 260 g/mol. The molecule has 0 spiro atoms. The third-order valence-corrected chi connectivity index (χ3v) is 2.91. The molecule has 78 valence electrons. The first kappa shape index (κ1) is 12.2. The number of halogens is 2. The molecule has 0 unspecified atom stereocenters. The van der Waals surface area contributed by atoms with Gasteiger partial charge in [0.2, 0.25) is 0 Å². The van der Waals surface area contributed by atoms with Gasteiger partial charge >= 0.3 is 0 Å². The number of rotatable bonds is 2. The summed E-state index contributed by atoms with van der Waals surface area (Å²) in [5.41, 5.74) is 1.35. The van der Waals surface area contributed by atoms with Gasteiger partial charge in [0.05, 0.1) is 5.56 Å². The van der Waals surface area contributed by atoms with Gasteiger partial charge in [-0.1, -0.05) is 6.07 Å². The molecule has 2 aromatic rings. The summed E-state index contributed by atoms with van der Waals surface area (Å²) in [6.45, 7) is 0. The molecular formula is C10H7Cl2NOS. The van der Waals surface area contributed by atoms with Crippen molar-refractivity contribution in [3.8, 4) is 10.4 Å². The first-order valence-electron chi connectivity index (χ1n) is 3.96. The van der Waals surface area contributed by atoms with Crippen LogP contribution < -0.4 is 0 Å². The Bertz CT molecular complexity index is 456. The lowest BCUT2D eigenvalue weighted by Gasteiger charge is -1.97. The summed E-state index contributed by atoms with van der Waals surface area (Å²) in [4.78, 5) is 15.9. The molecule has 0 fully saturated rings. The lowest BCUT2D eigenvalue weighted by Crippen LogP contribution is -1.90. The molecular weight excluding hydrogens is 253 g/mol. The van der Waals surface area contributed by atoms with Gasteiger partial charge < -0.3 is 0 Å². The van der Waals surface area contributed by atoms with Crippen molar-refractivity contribution in [2.24, 2.45) is 0 Å². The average Bonchev–Trinajstić information content (AvgIpc) is 2.71. The van der Waals surface area contributed by atoms with Crippen LogP contribution in [0.3, 0.4) is 0 Å². The molecule has 0 aliphatic carbocycles. The second-order valence-electron chi connectivity index (χ2n) is 2.71. The normalized spacial score (nSPS) is 9.40. The highest BCUT2D eigenvalue weighted by atomic mass is 35.5. The maximum Gasteiger partial charge on any atom is 0.253 e. The minimum atomic E-state index is -0.476. The fraction of sp³-hybridized carbons (Fsp3) is 0. The van der Waals surface area contributed by atoms with E-state index in [1.165, 1.54) is 6.20 Å². The van der Waals surface area contributed by atoms with E-state index < -0.39 is 5.24 Å². The molecule has 0 aliphatic rings. The molecule has 2 rings (SSSR count). The van der Waals surface area contributed by atoms with Crippen molar-refractivity contribution in [1.82, 2.24) is 4.98 Å². The van der Waals surface area contributed by atoms with E-state index in [2.05, 4.69) is 4.98 Å². The number of nitrogens with zero attached hydrogens (tertiary/aromatic N) is 1. The van der Waals surface area contributed by atoms with E-state index >= 15 is 0 Å². The summed E-state index contributed by atoms with van der Waals surface area (Å²) in [6, 6.07) is 5.67. The van der Waals surface area contributed by atoms with Crippen LogP contribution in [0.1, 0.15) is 10.4 Å². The highest BCUT2D eigenvalue weighted by Crippen LogP contribution is 2.24. The largest absolute Gasteiger partial charge is 0.276 e. The molecule has 0 aromatic carbocycles. The zero-order valence-corrected chi connectivity index (χ0v) is 9.90. The summed E-state index contributed by atoms with van der Waals surface area (Å²) in [5.74, 6) is 0. The number of hydrogen-bond acceptors (Lipinski definition) is 3. The molecule has 2 heterocycles. The first-order valence-corrected chi connectivity index (χ1v) is 5.22. The number of carbonyl (C=O) groups is 1. The van der Waals surface area contributed by atoms with Gasteiger partial charge in [0.25, 0.3) is 5.24 Å². The van der Waals surface area contributed by atoms with E-state index in [4.69, 9.17) is 11.6 Å². The van der Waals surface area contributed by atoms with Crippen molar-refractivity contribution in [2.45, 2.75) is 0 Å². The number of pyridine rings is 1. The van der Waals surface area contributed by atoms with Crippen LogP contribution in [0.5, 0.6) is 0 Å². The topological polar surface area (TPSA) is 30.0 Å². The predicted molar refractivity (Wildman–Crippen MR) is 65.0 cm³/mol. The second-order valence-corrected chi connectivity index (χ2v) is 4.00. The molecule has 0 radical (unpaired) electrons. The Morgan fingerprint density at radius 3 is 2.80 bits per heavy atom. The van der Waals surface area contributed by atoms with Crippen molar-refractivity contribution in [1.29, 1.82) is 0 Å². The highest BCUT2D eigenvalue weighted by Gasteiger charge is 2.05.